The van der Waals surface area contributed by atoms with Gasteiger partial charge in [-0.25, -0.2) is 9.97 Å². The first-order chi connectivity index (χ1) is 14.7. The molecule has 1 aromatic heterocycles. The Bertz CT molecular complexity index is 1200. The maximum atomic E-state index is 12.7. The summed E-state index contributed by atoms with van der Waals surface area (Å²) >= 11 is 0. The summed E-state index contributed by atoms with van der Waals surface area (Å²) in [7, 11) is 0. The van der Waals surface area contributed by atoms with Gasteiger partial charge in [-0.1, -0.05) is 61.5 Å². The Labute approximate surface area is 174 Å². The number of anilines is 4. The van der Waals surface area contributed by atoms with E-state index in [1.54, 1.807) is 6.07 Å². The Morgan fingerprint density at radius 3 is 2.53 bits per heavy atom. The number of hydrogen-bond donors (Lipinski definition) is 4. The quantitative estimate of drug-likeness (QED) is 0.362. The van der Waals surface area contributed by atoms with Crippen LogP contribution in [0.4, 0.5) is 23.0 Å². The zero-order chi connectivity index (χ0) is 20.9. The number of carbonyl (C=O) groups excluding carboxylic acids is 1. The summed E-state index contributed by atoms with van der Waals surface area (Å²) < 4.78 is 0. The molecule has 4 rings (SSSR count). The van der Waals surface area contributed by atoms with Crippen LogP contribution in [0.25, 0.3) is 10.8 Å². The molecule has 4 aromatic rings. The average molecular weight is 398 g/mol. The minimum Gasteiger partial charge on any atom is -0.393 e. The lowest BCUT2D eigenvalue weighted by Gasteiger charge is -2.15. The zero-order valence-corrected chi connectivity index (χ0v) is 16.5. The molecule has 150 valence electrons. The van der Waals surface area contributed by atoms with E-state index in [0.29, 0.717) is 22.9 Å². The molecular formula is C23H22N6O. The smallest absolute Gasteiger partial charge is 0.270 e. The van der Waals surface area contributed by atoms with Crippen LogP contribution >= 0.6 is 0 Å². The minimum absolute atomic E-state index is 0.282. The number of nitrogens with two attached hydrogens (primary N) is 1. The number of benzene rings is 3. The maximum Gasteiger partial charge on any atom is 0.270 e. The van der Waals surface area contributed by atoms with Gasteiger partial charge in [-0.15, -0.1) is 0 Å². The standard InChI is InChI=1S/C23H22N6O/c1-2-15-8-4-6-13-19(15)27-21-20(24)22(26-14-25-21)28-29-23(30)18-12-7-10-16-9-3-5-11-17(16)18/h3-14H,2,24H2,1H3,(H,29,30)(H2,25,26,27,28). The van der Waals surface area contributed by atoms with E-state index in [2.05, 4.69) is 33.1 Å². The highest BCUT2D eigenvalue weighted by molar-refractivity contribution is 6.07. The molecule has 0 fully saturated rings. The Kier molecular flexibility index (Phi) is 5.43. The van der Waals surface area contributed by atoms with Gasteiger partial charge in [0.25, 0.3) is 5.91 Å². The predicted octanol–water partition coefficient (Wildman–Crippen LogP) is 4.27. The lowest BCUT2D eigenvalue weighted by atomic mass is 10.0. The third-order valence-corrected chi connectivity index (χ3v) is 4.86. The second-order valence-corrected chi connectivity index (χ2v) is 6.73. The van der Waals surface area contributed by atoms with Crippen molar-refractivity contribution >= 4 is 39.7 Å². The van der Waals surface area contributed by atoms with Crippen molar-refractivity contribution < 1.29 is 4.79 Å². The van der Waals surface area contributed by atoms with Gasteiger partial charge in [0.05, 0.1) is 0 Å². The molecule has 0 saturated carbocycles. The topological polar surface area (TPSA) is 105 Å². The number of nitrogens with one attached hydrogen (secondary N) is 3. The first-order valence-corrected chi connectivity index (χ1v) is 9.67. The third kappa shape index (κ3) is 3.86. The number of aryl methyl sites for hydroxylation is 1. The van der Waals surface area contributed by atoms with E-state index in [0.717, 1.165) is 28.4 Å². The summed E-state index contributed by atoms with van der Waals surface area (Å²) in [6, 6.07) is 21.3. The van der Waals surface area contributed by atoms with E-state index in [1.807, 2.05) is 60.7 Å². The van der Waals surface area contributed by atoms with Gasteiger partial charge in [-0.05, 0) is 34.9 Å². The normalized spacial score (nSPS) is 10.6. The van der Waals surface area contributed by atoms with E-state index in [4.69, 9.17) is 5.73 Å². The summed E-state index contributed by atoms with van der Waals surface area (Å²) in [6.45, 7) is 2.08. The van der Waals surface area contributed by atoms with Crippen LogP contribution in [-0.4, -0.2) is 15.9 Å². The molecule has 0 aliphatic heterocycles. The summed E-state index contributed by atoms with van der Waals surface area (Å²) in [5.74, 6) is 0.499. The minimum atomic E-state index is -0.282. The zero-order valence-electron chi connectivity index (χ0n) is 16.5. The summed E-state index contributed by atoms with van der Waals surface area (Å²) in [5.41, 5.74) is 14.7. The van der Waals surface area contributed by atoms with Gasteiger partial charge in [-0.3, -0.25) is 15.6 Å². The molecule has 30 heavy (non-hydrogen) atoms. The molecular weight excluding hydrogens is 376 g/mol. The molecule has 3 aromatic carbocycles. The Morgan fingerprint density at radius 2 is 1.67 bits per heavy atom. The lowest BCUT2D eigenvalue weighted by Crippen LogP contribution is -2.30. The number of amides is 1. The molecule has 5 N–H and O–H groups in total. The van der Waals surface area contributed by atoms with Crippen molar-refractivity contribution in [3.8, 4) is 0 Å². The molecule has 7 nitrogen and oxygen atoms in total. The van der Waals surface area contributed by atoms with E-state index < -0.39 is 0 Å². The van der Waals surface area contributed by atoms with Gasteiger partial charge in [0, 0.05) is 11.3 Å². The number of para-hydroxylation sites is 1. The number of carbonyl (C=O) groups is 1. The SMILES string of the molecule is CCc1ccccc1Nc1ncnc(NNC(=O)c2cccc3ccccc23)c1N. The predicted molar refractivity (Wildman–Crippen MR) is 121 cm³/mol. The summed E-state index contributed by atoms with van der Waals surface area (Å²) in [6.07, 6.45) is 2.26. The van der Waals surface area contributed by atoms with Crippen LogP contribution in [0.15, 0.2) is 73.1 Å². The highest BCUT2D eigenvalue weighted by Gasteiger charge is 2.13. The first-order valence-electron chi connectivity index (χ1n) is 9.67. The van der Waals surface area contributed by atoms with Crippen molar-refractivity contribution in [1.82, 2.24) is 15.4 Å². The maximum absolute atomic E-state index is 12.7. The molecule has 0 aliphatic rings. The molecule has 0 saturated heterocycles. The monoisotopic (exact) mass is 398 g/mol. The second-order valence-electron chi connectivity index (χ2n) is 6.73. The third-order valence-electron chi connectivity index (χ3n) is 4.86. The molecule has 0 radical (unpaired) electrons. The fourth-order valence-electron chi connectivity index (χ4n) is 3.28. The number of aromatic nitrogens is 2. The molecule has 0 atom stereocenters. The molecule has 0 bridgehead atoms. The largest absolute Gasteiger partial charge is 0.393 e. The fourth-order valence-corrected chi connectivity index (χ4v) is 3.28. The second kappa shape index (κ2) is 8.48. The van der Waals surface area contributed by atoms with Crippen molar-refractivity contribution in [2.24, 2.45) is 0 Å². The van der Waals surface area contributed by atoms with Gasteiger partial charge >= 0.3 is 0 Å². The van der Waals surface area contributed by atoms with Crippen molar-refractivity contribution in [3.63, 3.8) is 0 Å². The molecule has 1 heterocycles. The average Bonchev–Trinajstić information content (AvgIpc) is 2.79. The number of hydrazine groups is 1. The van der Waals surface area contributed by atoms with Gasteiger partial charge < -0.3 is 11.1 Å². The van der Waals surface area contributed by atoms with E-state index >= 15 is 0 Å². The van der Waals surface area contributed by atoms with Gasteiger partial charge in [0.2, 0.25) is 0 Å². The van der Waals surface area contributed by atoms with E-state index in [-0.39, 0.29) is 5.91 Å². The Hall–Kier alpha value is -4.13. The molecule has 0 spiro atoms. The van der Waals surface area contributed by atoms with Crippen LogP contribution in [0.5, 0.6) is 0 Å². The van der Waals surface area contributed by atoms with Crippen LogP contribution in [0, 0.1) is 0 Å². The summed E-state index contributed by atoms with van der Waals surface area (Å²) in [4.78, 5) is 21.1. The van der Waals surface area contributed by atoms with E-state index in [9.17, 15) is 4.79 Å². The van der Waals surface area contributed by atoms with Crippen LogP contribution in [0.2, 0.25) is 0 Å². The first kappa shape index (κ1) is 19.2. The highest BCUT2D eigenvalue weighted by atomic mass is 16.2. The van der Waals surface area contributed by atoms with Crippen molar-refractivity contribution in [2.75, 3.05) is 16.5 Å². The van der Waals surface area contributed by atoms with Gasteiger partial charge in [0.15, 0.2) is 11.6 Å². The highest BCUT2D eigenvalue weighted by Crippen LogP contribution is 2.27. The number of fused-ring (bicyclic) bond motifs is 1. The molecule has 0 unspecified atom stereocenters. The van der Waals surface area contributed by atoms with Crippen LogP contribution in [0.1, 0.15) is 22.8 Å². The van der Waals surface area contributed by atoms with Crippen molar-refractivity contribution in [3.05, 3.63) is 84.2 Å². The number of nitrogen functional groups attached to an aromatic ring is 1. The number of hydrogen-bond acceptors (Lipinski definition) is 6. The van der Waals surface area contributed by atoms with E-state index in [1.165, 1.54) is 6.33 Å². The van der Waals surface area contributed by atoms with Crippen LogP contribution in [0.3, 0.4) is 0 Å². The van der Waals surface area contributed by atoms with Gasteiger partial charge in [0.1, 0.15) is 12.0 Å². The van der Waals surface area contributed by atoms with Crippen molar-refractivity contribution in [1.29, 1.82) is 0 Å². The fraction of sp³-hybridized carbons (Fsp3) is 0.0870. The summed E-state index contributed by atoms with van der Waals surface area (Å²) in [5, 5.41) is 5.11. The lowest BCUT2D eigenvalue weighted by molar-refractivity contribution is 0.0964. The molecule has 7 heteroatoms. The van der Waals surface area contributed by atoms with Crippen LogP contribution in [-0.2, 0) is 6.42 Å². The van der Waals surface area contributed by atoms with Gasteiger partial charge in [-0.2, -0.15) is 0 Å². The van der Waals surface area contributed by atoms with Crippen molar-refractivity contribution in [2.45, 2.75) is 13.3 Å². The number of nitrogens with zero attached hydrogens (tertiary/aromatic N) is 2. The molecule has 1 amide bonds. The van der Waals surface area contributed by atoms with Crippen LogP contribution < -0.4 is 21.9 Å². The Morgan fingerprint density at radius 1 is 0.933 bits per heavy atom. The number of rotatable bonds is 6. The Balaban J connectivity index is 1.53. The molecule has 0 aliphatic carbocycles.